The van der Waals surface area contributed by atoms with Crippen molar-refractivity contribution in [1.82, 2.24) is 0 Å². The summed E-state index contributed by atoms with van der Waals surface area (Å²) < 4.78 is 0. The summed E-state index contributed by atoms with van der Waals surface area (Å²) in [5, 5.41) is 10.5. The van der Waals surface area contributed by atoms with Crippen LogP contribution in [-0.2, 0) is 6.42 Å². The van der Waals surface area contributed by atoms with Crippen LogP contribution in [-0.4, -0.2) is 5.11 Å². The molecule has 1 atom stereocenters. The van der Waals surface area contributed by atoms with Gasteiger partial charge in [-0.1, -0.05) is 66.6 Å². The number of aliphatic hydroxyl groups is 1. The van der Waals surface area contributed by atoms with Crippen LogP contribution in [0.4, 0.5) is 0 Å². The van der Waals surface area contributed by atoms with E-state index in [1.54, 1.807) is 0 Å². The van der Waals surface area contributed by atoms with Crippen molar-refractivity contribution in [3.05, 3.63) is 71.8 Å². The van der Waals surface area contributed by atoms with Crippen LogP contribution in [0.25, 0.3) is 0 Å². The van der Waals surface area contributed by atoms with E-state index < -0.39 is 11.5 Å². The van der Waals surface area contributed by atoms with Gasteiger partial charge in [0.25, 0.3) is 0 Å². The Labute approximate surface area is 127 Å². The van der Waals surface area contributed by atoms with Gasteiger partial charge in [-0.15, -0.1) is 5.92 Å². The van der Waals surface area contributed by atoms with Crippen LogP contribution in [0, 0.1) is 17.3 Å². The molecule has 0 fully saturated rings. The Kier molecular flexibility index (Phi) is 5.20. The highest BCUT2D eigenvalue weighted by Crippen LogP contribution is 2.32. The maximum Gasteiger partial charge on any atom is 0.0950 e. The zero-order chi connectivity index (χ0) is 15.1. The van der Waals surface area contributed by atoms with Gasteiger partial charge in [-0.3, -0.25) is 0 Å². The molecule has 1 heteroatoms. The molecule has 0 spiro atoms. The number of hydrogen-bond acceptors (Lipinski definition) is 1. The van der Waals surface area contributed by atoms with E-state index in [1.165, 1.54) is 5.56 Å². The smallest absolute Gasteiger partial charge is 0.0950 e. The Bertz CT molecular complexity index is 603. The first kappa shape index (κ1) is 15.4. The molecule has 2 aromatic carbocycles. The monoisotopic (exact) mass is 278 g/mol. The third kappa shape index (κ3) is 4.48. The zero-order valence-electron chi connectivity index (χ0n) is 12.7. The second-order valence-electron chi connectivity index (χ2n) is 5.82. The first-order chi connectivity index (χ1) is 10.1. The van der Waals surface area contributed by atoms with Crippen LogP contribution in [0.1, 0.15) is 37.5 Å². The standard InChI is InChI=1S/C20H22O/c1-20(2,19(21)18-14-7-4-8-15-18)16-10-9-13-17-11-5-3-6-12-17/h3-8,11-12,14-15,19,21H,9,13H2,1-2H3. The predicted octanol–water partition coefficient (Wildman–Crippen LogP) is 4.38. The minimum absolute atomic E-state index is 0.446. The van der Waals surface area contributed by atoms with Crippen molar-refractivity contribution in [2.45, 2.75) is 32.8 Å². The lowest BCUT2D eigenvalue weighted by Crippen LogP contribution is -2.20. The molecule has 0 saturated heterocycles. The van der Waals surface area contributed by atoms with Crippen LogP contribution in [0.5, 0.6) is 0 Å². The third-order valence-electron chi connectivity index (χ3n) is 3.59. The number of benzene rings is 2. The fraction of sp³-hybridized carbons (Fsp3) is 0.300. The lowest BCUT2D eigenvalue weighted by molar-refractivity contribution is 0.0880. The Morgan fingerprint density at radius 2 is 1.52 bits per heavy atom. The van der Waals surface area contributed by atoms with Gasteiger partial charge in [-0.25, -0.2) is 0 Å². The molecular weight excluding hydrogens is 256 g/mol. The number of hydrogen-bond donors (Lipinski definition) is 1. The highest BCUT2D eigenvalue weighted by molar-refractivity contribution is 5.24. The molecule has 1 nitrogen and oxygen atoms in total. The normalized spacial score (nSPS) is 12.3. The van der Waals surface area contributed by atoms with Gasteiger partial charge in [-0.2, -0.15) is 0 Å². The fourth-order valence-corrected chi connectivity index (χ4v) is 2.26. The summed E-state index contributed by atoms with van der Waals surface area (Å²) in [6, 6.07) is 20.1. The molecule has 0 amide bonds. The SMILES string of the molecule is CC(C)(C#CCCc1ccccc1)C(O)c1ccccc1. The molecule has 0 aliphatic carbocycles. The van der Waals surface area contributed by atoms with E-state index in [4.69, 9.17) is 0 Å². The van der Waals surface area contributed by atoms with Crippen molar-refractivity contribution in [1.29, 1.82) is 0 Å². The van der Waals surface area contributed by atoms with Crippen molar-refractivity contribution in [3.8, 4) is 11.8 Å². The maximum atomic E-state index is 10.5. The van der Waals surface area contributed by atoms with Crippen LogP contribution in [0.15, 0.2) is 60.7 Å². The molecule has 108 valence electrons. The van der Waals surface area contributed by atoms with E-state index in [0.717, 1.165) is 18.4 Å². The van der Waals surface area contributed by atoms with Gasteiger partial charge in [-0.05, 0) is 31.4 Å². The van der Waals surface area contributed by atoms with Crippen molar-refractivity contribution in [3.63, 3.8) is 0 Å². The van der Waals surface area contributed by atoms with Gasteiger partial charge < -0.3 is 5.11 Å². The Morgan fingerprint density at radius 3 is 2.14 bits per heavy atom. The lowest BCUT2D eigenvalue weighted by atomic mass is 9.83. The van der Waals surface area contributed by atoms with Gasteiger partial charge in [0.05, 0.1) is 11.5 Å². The Hall–Kier alpha value is -2.04. The number of aryl methyl sites for hydroxylation is 1. The molecule has 21 heavy (non-hydrogen) atoms. The van der Waals surface area contributed by atoms with Crippen molar-refractivity contribution in [2.75, 3.05) is 0 Å². The molecule has 2 rings (SSSR count). The summed E-state index contributed by atoms with van der Waals surface area (Å²) in [4.78, 5) is 0. The van der Waals surface area contributed by atoms with Gasteiger partial charge in [0.2, 0.25) is 0 Å². The second-order valence-corrected chi connectivity index (χ2v) is 5.82. The van der Waals surface area contributed by atoms with E-state index in [0.29, 0.717) is 0 Å². The number of aliphatic hydroxyl groups excluding tert-OH is 1. The molecular formula is C20H22O. The molecule has 0 aromatic heterocycles. The molecule has 0 heterocycles. The van der Waals surface area contributed by atoms with Gasteiger partial charge >= 0.3 is 0 Å². The second kappa shape index (κ2) is 7.11. The summed E-state index contributed by atoms with van der Waals surface area (Å²) >= 11 is 0. The van der Waals surface area contributed by atoms with E-state index in [1.807, 2.05) is 62.4 Å². The minimum Gasteiger partial charge on any atom is -0.387 e. The molecule has 0 bridgehead atoms. The predicted molar refractivity (Wildman–Crippen MR) is 87.7 cm³/mol. The van der Waals surface area contributed by atoms with E-state index >= 15 is 0 Å². The van der Waals surface area contributed by atoms with Crippen molar-refractivity contribution in [2.24, 2.45) is 5.41 Å². The third-order valence-corrected chi connectivity index (χ3v) is 3.59. The van der Waals surface area contributed by atoms with Crippen molar-refractivity contribution < 1.29 is 5.11 Å². The Balaban J connectivity index is 1.96. The minimum atomic E-state index is -0.567. The largest absolute Gasteiger partial charge is 0.387 e. The molecule has 1 unspecified atom stereocenters. The quantitative estimate of drug-likeness (QED) is 0.823. The first-order valence-corrected chi connectivity index (χ1v) is 7.36. The van der Waals surface area contributed by atoms with E-state index in [-0.39, 0.29) is 0 Å². The molecule has 0 aliphatic heterocycles. The topological polar surface area (TPSA) is 20.2 Å². The molecule has 0 radical (unpaired) electrons. The van der Waals surface area contributed by atoms with E-state index in [9.17, 15) is 5.11 Å². The van der Waals surface area contributed by atoms with Crippen molar-refractivity contribution >= 4 is 0 Å². The molecule has 2 aromatic rings. The summed E-state index contributed by atoms with van der Waals surface area (Å²) in [6.45, 7) is 3.97. The summed E-state index contributed by atoms with van der Waals surface area (Å²) in [5.74, 6) is 6.44. The molecule has 0 saturated carbocycles. The highest BCUT2D eigenvalue weighted by Gasteiger charge is 2.26. The summed E-state index contributed by atoms with van der Waals surface area (Å²) in [6.07, 6.45) is 1.20. The highest BCUT2D eigenvalue weighted by atomic mass is 16.3. The van der Waals surface area contributed by atoms with Gasteiger partial charge in [0.1, 0.15) is 0 Å². The van der Waals surface area contributed by atoms with Crippen LogP contribution in [0.3, 0.4) is 0 Å². The zero-order valence-corrected chi connectivity index (χ0v) is 12.7. The Morgan fingerprint density at radius 1 is 0.952 bits per heavy atom. The van der Waals surface area contributed by atoms with Crippen LogP contribution in [0.2, 0.25) is 0 Å². The lowest BCUT2D eigenvalue weighted by Gasteiger charge is -2.25. The van der Waals surface area contributed by atoms with Crippen LogP contribution < -0.4 is 0 Å². The number of rotatable bonds is 4. The summed E-state index contributed by atoms with van der Waals surface area (Å²) in [7, 11) is 0. The van der Waals surface area contributed by atoms with Gasteiger partial charge in [0.15, 0.2) is 0 Å². The molecule has 0 aliphatic rings. The summed E-state index contributed by atoms with van der Waals surface area (Å²) in [5.41, 5.74) is 1.77. The average Bonchev–Trinajstić information content (AvgIpc) is 2.53. The fourth-order valence-electron chi connectivity index (χ4n) is 2.26. The average molecular weight is 278 g/mol. The first-order valence-electron chi connectivity index (χ1n) is 7.36. The maximum absolute atomic E-state index is 10.5. The van der Waals surface area contributed by atoms with E-state index in [2.05, 4.69) is 24.0 Å². The van der Waals surface area contributed by atoms with Crippen LogP contribution >= 0.6 is 0 Å². The van der Waals surface area contributed by atoms with Gasteiger partial charge in [0, 0.05) is 6.42 Å². The molecule has 1 N–H and O–H groups in total.